The molecule has 2 nitrogen and oxygen atoms in total. The van der Waals surface area contributed by atoms with Crippen LogP contribution in [0.15, 0.2) is 36.9 Å². The van der Waals surface area contributed by atoms with Crippen LogP contribution in [0, 0.1) is 0 Å². The van der Waals surface area contributed by atoms with E-state index in [1.54, 1.807) is 6.08 Å². The Morgan fingerprint density at radius 1 is 1.24 bits per heavy atom. The summed E-state index contributed by atoms with van der Waals surface area (Å²) in [4.78, 5) is 15.8. The number of carbonyl (C=O) groups excluding carboxylic acids is 1. The summed E-state index contributed by atoms with van der Waals surface area (Å²) in [6.07, 6.45) is 6.33. The van der Waals surface area contributed by atoms with Gasteiger partial charge in [-0.25, -0.2) is 4.98 Å². The molecule has 84 valence electrons. The Morgan fingerprint density at radius 3 is 2.65 bits per heavy atom. The lowest BCUT2D eigenvalue weighted by molar-refractivity contribution is 0.112. The Labute approximate surface area is 100 Å². The Bertz CT molecular complexity index is 612. The van der Waals surface area contributed by atoms with Crippen molar-refractivity contribution in [2.24, 2.45) is 0 Å². The summed E-state index contributed by atoms with van der Waals surface area (Å²) in [6.45, 7) is 5.68. The molecule has 17 heavy (non-hydrogen) atoms. The first kappa shape index (κ1) is 11.3. The van der Waals surface area contributed by atoms with Gasteiger partial charge in [-0.2, -0.15) is 0 Å². The van der Waals surface area contributed by atoms with Crippen LogP contribution in [0.3, 0.4) is 0 Å². The van der Waals surface area contributed by atoms with Gasteiger partial charge in [0.05, 0.1) is 11.2 Å². The van der Waals surface area contributed by atoms with Gasteiger partial charge in [0.2, 0.25) is 0 Å². The molecule has 0 aliphatic carbocycles. The topological polar surface area (TPSA) is 30.0 Å². The van der Waals surface area contributed by atoms with Crippen LogP contribution in [0.2, 0.25) is 0 Å². The third-order valence-corrected chi connectivity index (χ3v) is 2.65. The van der Waals surface area contributed by atoms with Crippen LogP contribution in [-0.2, 0) is 0 Å². The van der Waals surface area contributed by atoms with Gasteiger partial charge in [-0.1, -0.05) is 36.9 Å². The lowest BCUT2D eigenvalue weighted by Gasteiger charge is -2.08. The number of para-hydroxylation sites is 1. The van der Waals surface area contributed by atoms with E-state index in [0.29, 0.717) is 5.56 Å². The third-order valence-electron chi connectivity index (χ3n) is 2.65. The van der Waals surface area contributed by atoms with Gasteiger partial charge in [-0.3, -0.25) is 4.79 Å². The monoisotopic (exact) mass is 223 g/mol. The fraction of sp³-hybridized carbons (Fsp3) is 0.0667. The summed E-state index contributed by atoms with van der Waals surface area (Å²) in [6, 6.07) is 7.62. The van der Waals surface area contributed by atoms with Crippen LogP contribution in [0.1, 0.15) is 28.5 Å². The third kappa shape index (κ3) is 1.89. The zero-order valence-corrected chi connectivity index (χ0v) is 9.68. The molecule has 0 aliphatic rings. The molecule has 0 saturated carbocycles. The number of aldehydes is 1. The van der Waals surface area contributed by atoms with Crippen molar-refractivity contribution in [1.82, 2.24) is 4.98 Å². The number of nitrogens with zero attached hydrogens (tertiary/aromatic N) is 1. The zero-order chi connectivity index (χ0) is 12.3. The Balaban J connectivity index is 2.92. The predicted octanol–water partition coefficient (Wildman–Crippen LogP) is 3.72. The standard InChI is InChI=1S/C15H13NO/c1-3-7-14-11(4-2)13(10-17)12-8-5-6-9-15(12)16-14/h3-10H,2H2,1H3/b7-3-. The maximum Gasteiger partial charge on any atom is 0.151 e. The molecule has 2 aromatic rings. The summed E-state index contributed by atoms with van der Waals surface area (Å²) in [5.74, 6) is 0. The molecule has 0 atom stereocenters. The summed E-state index contributed by atoms with van der Waals surface area (Å²) in [5, 5.41) is 0.866. The summed E-state index contributed by atoms with van der Waals surface area (Å²) in [7, 11) is 0. The van der Waals surface area contributed by atoms with Crippen molar-refractivity contribution in [2.75, 3.05) is 0 Å². The number of carbonyl (C=O) groups is 1. The lowest BCUT2D eigenvalue weighted by atomic mass is 10.0. The number of pyridine rings is 1. The molecule has 0 N–H and O–H groups in total. The van der Waals surface area contributed by atoms with Crippen molar-refractivity contribution in [1.29, 1.82) is 0 Å². The van der Waals surface area contributed by atoms with E-state index >= 15 is 0 Å². The first-order chi connectivity index (χ1) is 8.31. The highest BCUT2D eigenvalue weighted by atomic mass is 16.1. The van der Waals surface area contributed by atoms with E-state index in [9.17, 15) is 4.79 Å². The Kier molecular flexibility index (Phi) is 3.15. The zero-order valence-electron chi connectivity index (χ0n) is 9.68. The van der Waals surface area contributed by atoms with Gasteiger partial charge in [-0.05, 0) is 19.1 Å². The van der Waals surface area contributed by atoms with E-state index in [1.165, 1.54) is 0 Å². The van der Waals surface area contributed by atoms with E-state index in [4.69, 9.17) is 0 Å². The van der Waals surface area contributed by atoms with Crippen LogP contribution in [0.5, 0.6) is 0 Å². The normalized spacial score (nSPS) is 10.9. The largest absolute Gasteiger partial charge is 0.298 e. The maximum absolute atomic E-state index is 11.3. The number of benzene rings is 1. The van der Waals surface area contributed by atoms with E-state index < -0.39 is 0 Å². The number of aromatic nitrogens is 1. The molecular formula is C15H13NO. The number of allylic oxidation sites excluding steroid dienone is 1. The highest BCUT2D eigenvalue weighted by Gasteiger charge is 2.09. The molecule has 0 amide bonds. The second kappa shape index (κ2) is 4.74. The van der Waals surface area contributed by atoms with Crippen LogP contribution in [0.25, 0.3) is 23.1 Å². The van der Waals surface area contributed by atoms with Gasteiger partial charge in [0, 0.05) is 16.5 Å². The maximum atomic E-state index is 11.3. The van der Waals surface area contributed by atoms with Gasteiger partial charge in [0.1, 0.15) is 0 Å². The van der Waals surface area contributed by atoms with Crippen molar-refractivity contribution in [3.05, 3.63) is 53.7 Å². The fourth-order valence-electron chi connectivity index (χ4n) is 1.90. The van der Waals surface area contributed by atoms with Gasteiger partial charge in [0.15, 0.2) is 6.29 Å². The molecule has 0 spiro atoms. The number of hydrogen-bond donors (Lipinski definition) is 0. The Morgan fingerprint density at radius 2 is 2.00 bits per heavy atom. The minimum atomic E-state index is 0.652. The van der Waals surface area contributed by atoms with E-state index in [1.807, 2.05) is 43.3 Å². The highest BCUT2D eigenvalue weighted by molar-refractivity contribution is 6.01. The molecule has 0 bridgehead atoms. The van der Waals surface area contributed by atoms with Crippen molar-refractivity contribution in [3.8, 4) is 0 Å². The quantitative estimate of drug-likeness (QED) is 0.742. The second-order valence-corrected chi connectivity index (χ2v) is 3.66. The average molecular weight is 223 g/mol. The first-order valence-corrected chi connectivity index (χ1v) is 5.45. The van der Waals surface area contributed by atoms with Crippen LogP contribution < -0.4 is 0 Å². The molecule has 0 saturated heterocycles. The molecule has 1 aromatic carbocycles. The van der Waals surface area contributed by atoms with Crippen LogP contribution >= 0.6 is 0 Å². The van der Waals surface area contributed by atoms with Crippen molar-refractivity contribution >= 4 is 29.3 Å². The number of fused-ring (bicyclic) bond motifs is 1. The number of hydrogen-bond acceptors (Lipinski definition) is 2. The molecule has 1 heterocycles. The molecular weight excluding hydrogens is 210 g/mol. The molecule has 0 aliphatic heterocycles. The van der Waals surface area contributed by atoms with Crippen molar-refractivity contribution in [3.63, 3.8) is 0 Å². The number of rotatable bonds is 3. The van der Waals surface area contributed by atoms with Gasteiger partial charge in [0.25, 0.3) is 0 Å². The van der Waals surface area contributed by atoms with Crippen molar-refractivity contribution < 1.29 is 4.79 Å². The minimum Gasteiger partial charge on any atom is -0.298 e. The van der Waals surface area contributed by atoms with Gasteiger partial charge in [-0.15, -0.1) is 0 Å². The van der Waals surface area contributed by atoms with Crippen LogP contribution in [0.4, 0.5) is 0 Å². The summed E-state index contributed by atoms with van der Waals surface area (Å²) < 4.78 is 0. The molecule has 2 rings (SSSR count). The molecule has 0 radical (unpaired) electrons. The molecule has 0 fully saturated rings. The molecule has 2 heteroatoms. The average Bonchev–Trinajstić information content (AvgIpc) is 2.37. The highest BCUT2D eigenvalue weighted by Crippen LogP contribution is 2.23. The fourth-order valence-corrected chi connectivity index (χ4v) is 1.90. The smallest absolute Gasteiger partial charge is 0.151 e. The van der Waals surface area contributed by atoms with E-state index in [2.05, 4.69) is 11.6 Å². The van der Waals surface area contributed by atoms with E-state index in [-0.39, 0.29) is 0 Å². The molecule has 0 unspecified atom stereocenters. The SMILES string of the molecule is C=Cc1c(/C=C\C)nc2ccccc2c1C=O. The minimum absolute atomic E-state index is 0.652. The van der Waals surface area contributed by atoms with E-state index in [0.717, 1.165) is 28.4 Å². The first-order valence-electron chi connectivity index (χ1n) is 5.45. The van der Waals surface area contributed by atoms with Gasteiger partial charge >= 0.3 is 0 Å². The van der Waals surface area contributed by atoms with Gasteiger partial charge < -0.3 is 0 Å². The Hall–Kier alpha value is -2.22. The predicted molar refractivity (Wildman–Crippen MR) is 71.9 cm³/mol. The van der Waals surface area contributed by atoms with Crippen LogP contribution in [-0.4, -0.2) is 11.3 Å². The molecule has 1 aromatic heterocycles. The summed E-state index contributed by atoms with van der Waals surface area (Å²) in [5.41, 5.74) is 3.05. The second-order valence-electron chi connectivity index (χ2n) is 3.66. The van der Waals surface area contributed by atoms with Crippen molar-refractivity contribution in [2.45, 2.75) is 6.92 Å². The summed E-state index contributed by atoms with van der Waals surface area (Å²) >= 11 is 0. The lowest BCUT2D eigenvalue weighted by Crippen LogP contribution is -1.96.